The van der Waals surface area contributed by atoms with Gasteiger partial charge in [0, 0.05) is 12.8 Å². The highest BCUT2D eigenvalue weighted by Gasteiger charge is 2.02. The van der Waals surface area contributed by atoms with Gasteiger partial charge in [0.05, 0.1) is 0 Å². The van der Waals surface area contributed by atoms with E-state index in [2.05, 4.69) is 18.7 Å². The molecule has 0 atom stereocenters. The van der Waals surface area contributed by atoms with Crippen molar-refractivity contribution < 1.29 is 4.79 Å². The topological polar surface area (TPSA) is 17.1 Å². The molecular weight excluding hydrogens is 196 g/mol. The fraction of sp³-hybridized carbons (Fsp3) is 0.400. The van der Waals surface area contributed by atoms with E-state index in [0.717, 1.165) is 24.8 Å². The van der Waals surface area contributed by atoms with E-state index >= 15 is 0 Å². The van der Waals surface area contributed by atoms with Gasteiger partial charge < -0.3 is 0 Å². The molecule has 0 saturated heterocycles. The highest BCUT2D eigenvalue weighted by atomic mass is 16.1. The molecule has 0 aliphatic heterocycles. The summed E-state index contributed by atoms with van der Waals surface area (Å²) in [6.45, 7) is 5.77. The monoisotopic (exact) mass is 216 g/mol. The zero-order valence-electron chi connectivity index (χ0n) is 10.0. The van der Waals surface area contributed by atoms with Crippen molar-refractivity contribution in [3.8, 4) is 0 Å². The lowest BCUT2D eigenvalue weighted by molar-refractivity contribution is -0.119. The van der Waals surface area contributed by atoms with E-state index in [0.29, 0.717) is 18.6 Å². The summed E-state index contributed by atoms with van der Waals surface area (Å²) in [5.74, 6) is 0.360. The van der Waals surface area contributed by atoms with E-state index in [1.165, 1.54) is 5.56 Å². The third-order valence-electron chi connectivity index (χ3n) is 2.59. The number of carbonyl (C=O) groups is 1. The maximum absolute atomic E-state index is 11.5. The van der Waals surface area contributed by atoms with Crippen LogP contribution in [0.1, 0.15) is 38.2 Å². The first kappa shape index (κ1) is 12.7. The van der Waals surface area contributed by atoms with Crippen molar-refractivity contribution in [3.05, 3.63) is 48.0 Å². The molecule has 1 nitrogen and oxygen atoms in total. The molecule has 0 heterocycles. The number of benzene rings is 1. The zero-order chi connectivity index (χ0) is 11.8. The lowest BCUT2D eigenvalue weighted by atomic mass is 10.0. The van der Waals surface area contributed by atoms with Crippen molar-refractivity contribution in [2.75, 3.05) is 0 Å². The van der Waals surface area contributed by atoms with Crippen molar-refractivity contribution >= 4 is 5.78 Å². The Balaban J connectivity index is 2.16. The number of rotatable bonds is 7. The highest BCUT2D eigenvalue weighted by molar-refractivity contribution is 5.78. The lowest BCUT2D eigenvalue weighted by Gasteiger charge is -2.01. The summed E-state index contributed by atoms with van der Waals surface area (Å²) < 4.78 is 0. The summed E-state index contributed by atoms with van der Waals surface area (Å²) in [6.07, 6.45) is 4.15. The number of hydrogen-bond acceptors (Lipinski definition) is 1. The second-order valence-corrected chi connectivity index (χ2v) is 4.33. The van der Waals surface area contributed by atoms with Gasteiger partial charge in [0.2, 0.25) is 0 Å². The highest BCUT2D eigenvalue weighted by Crippen LogP contribution is 2.08. The Hall–Kier alpha value is -1.37. The lowest BCUT2D eigenvalue weighted by Crippen LogP contribution is -1.99. The molecule has 0 radical (unpaired) electrons. The second-order valence-electron chi connectivity index (χ2n) is 4.33. The number of allylic oxidation sites excluding steroid dienone is 1. The van der Waals surface area contributed by atoms with Crippen LogP contribution in [0.3, 0.4) is 0 Å². The minimum atomic E-state index is 0.360. The van der Waals surface area contributed by atoms with Gasteiger partial charge in [-0.05, 0) is 31.7 Å². The van der Waals surface area contributed by atoms with Crippen LogP contribution in [0.4, 0.5) is 0 Å². The van der Waals surface area contributed by atoms with Gasteiger partial charge in [-0.3, -0.25) is 4.79 Å². The Bertz CT molecular complexity index is 338. The van der Waals surface area contributed by atoms with Crippen molar-refractivity contribution in [2.45, 2.75) is 39.0 Å². The van der Waals surface area contributed by atoms with Gasteiger partial charge in [-0.1, -0.05) is 35.9 Å². The van der Waals surface area contributed by atoms with Crippen molar-refractivity contribution in [1.82, 2.24) is 0 Å². The predicted molar refractivity (Wildman–Crippen MR) is 68.4 cm³/mol. The molecule has 0 bridgehead atoms. The Kier molecular flexibility index (Phi) is 5.55. The van der Waals surface area contributed by atoms with E-state index in [1.807, 2.05) is 25.1 Å². The molecule has 0 spiro atoms. The number of ketones is 1. The van der Waals surface area contributed by atoms with Crippen LogP contribution in [-0.2, 0) is 11.2 Å². The minimum Gasteiger partial charge on any atom is -0.300 e. The van der Waals surface area contributed by atoms with Crippen LogP contribution in [0.15, 0.2) is 42.5 Å². The SMILES string of the molecule is C=C(C)CCC(=O)CCCc1ccccc1. The summed E-state index contributed by atoms with van der Waals surface area (Å²) in [6, 6.07) is 10.3. The van der Waals surface area contributed by atoms with E-state index in [-0.39, 0.29) is 0 Å². The largest absolute Gasteiger partial charge is 0.300 e. The molecular formula is C15H20O. The molecule has 0 aromatic heterocycles. The normalized spacial score (nSPS) is 10.1. The Morgan fingerprint density at radius 1 is 1.12 bits per heavy atom. The maximum Gasteiger partial charge on any atom is 0.133 e. The average molecular weight is 216 g/mol. The Morgan fingerprint density at radius 2 is 1.81 bits per heavy atom. The van der Waals surface area contributed by atoms with Crippen LogP contribution in [0.5, 0.6) is 0 Å². The number of aryl methyl sites for hydroxylation is 1. The van der Waals surface area contributed by atoms with Gasteiger partial charge in [-0.25, -0.2) is 0 Å². The third-order valence-corrected chi connectivity index (χ3v) is 2.59. The summed E-state index contributed by atoms with van der Waals surface area (Å²) in [7, 11) is 0. The van der Waals surface area contributed by atoms with E-state index in [4.69, 9.17) is 0 Å². The molecule has 0 N–H and O–H groups in total. The molecule has 1 heteroatoms. The number of hydrogen-bond donors (Lipinski definition) is 0. The van der Waals surface area contributed by atoms with Crippen LogP contribution in [0.25, 0.3) is 0 Å². The molecule has 1 aromatic carbocycles. The van der Waals surface area contributed by atoms with Crippen molar-refractivity contribution in [2.24, 2.45) is 0 Å². The van der Waals surface area contributed by atoms with Crippen molar-refractivity contribution in [1.29, 1.82) is 0 Å². The van der Waals surface area contributed by atoms with Gasteiger partial charge in [-0.15, -0.1) is 6.58 Å². The van der Waals surface area contributed by atoms with E-state index in [1.54, 1.807) is 0 Å². The first-order valence-corrected chi connectivity index (χ1v) is 5.88. The molecule has 0 fully saturated rings. The van der Waals surface area contributed by atoms with Gasteiger partial charge >= 0.3 is 0 Å². The standard InChI is InChI=1S/C15H20O/c1-13(2)11-12-15(16)10-6-9-14-7-4-3-5-8-14/h3-5,7-8H,1,6,9-12H2,2H3. The number of carbonyl (C=O) groups excluding carboxylic acids is 1. The molecule has 0 aliphatic rings. The van der Waals surface area contributed by atoms with E-state index in [9.17, 15) is 4.79 Å². The van der Waals surface area contributed by atoms with Crippen LogP contribution in [0.2, 0.25) is 0 Å². The van der Waals surface area contributed by atoms with Crippen molar-refractivity contribution in [3.63, 3.8) is 0 Å². The zero-order valence-corrected chi connectivity index (χ0v) is 10.0. The molecule has 16 heavy (non-hydrogen) atoms. The average Bonchev–Trinajstić information content (AvgIpc) is 2.28. The summed E-state index contributed by atoms with van der Waals surface area (Å²) in [4.78, 5) is 11.5. The number of Topliss-reactive ketones (excluding diaryl/α,β-unsaturated/α-hetero) is 1. The smallest absolute Gasteiger partial charge is 0.133 e. The molecule has 1 aromatic rings. The molecule has 0 unspecified atom stereocenters. The van der Waals surface area contributed by atoms with Gasteiger partial charge in [0.25, 0.3) is 0 Å². The molecule has 86 valence electrons. The Labute approximate surface area is 98.2 Å². The fourth-order valence-electron chi connectivity index (χ4n) is 1.61. The fourth-order valence-corrected chi connectivity index (χ4v) is 1.61. The van der Waals surface area contributed by atoms with Gasteiger partial charge in [0.1, 0.15) is 5.78 Å². The molecule has 0 aliphatic carbocycles. The second kappa shape index (κ2) is 7.00. The molecule has 1 rings (SSSR count). The van der Waals surface area contributed by atoms with Crippen LogP contribution in [-0.4, -0.2) is 5.78 Å². The minimum absolute atomic E-state index is 0.360. The summed E-state index contributed by atoms with van der Waals surface area (Å²) in [5.41, 5.74) is 2.41. The predicted octanol–water partition coefficient (Wildman–Crippen LogP) is 3.93. The van der Waals surface area contributed by atoms with E-state index < -0.39 is 0 Å². The van der Waals surface area contributed by atoms with Crippen LogP contribution >= 0.6 is 0 Å². The quantitative estimate of drug-likeness (QED) is 0.631. The van der Waals surface area contributed by atoms with Gasteiger partial charge in [-0.2, -0.15) is 0 Å². The van der Waals surface area contributed by atoms with Crippen LogP contribution < -0.4 is 0 Å². The summed E-state index contributed by atoms with van der Waals surface area (Å²) >= 11 is 0. The summed E-state index contributed by atoms with van der Waals surface area (Å²) in [5, 5.41) is 0. The first-order chi connectivity index (χ1) is 7.68. The van der Waals surface area contributed by atoms with Gasteiger partial charge in [0.15, 0.2) is 0 Å². The third kappa shape index (κ3) is 5.50. The molecule has 0 saturated carbocycles. The molecule has 0 amide bonds. The first-order valence-electron chi connectivity index (χ1n) is 5.88. The maximum atomic E-state index is 11.5. The Morgan fingerprint density at radius 3 is 2.44 bits per heavy atom. The van der Waals surface area contributed by atoms with Crippen LogP contribution in [0, 0.1) is 0 Å².